The van der Waals surface area contributed by atoms with E-state index in [0.29, 0.717) is 6.54 Å². The topological polar surface area (TPSA) is 43.3 Å². The first-order valence-electron chi connectivity index (χ1n) is 8.01. The van der Waals surface area contributed by atoms with Gasteiger partial charge in [-0.05, 0) is 36.1 Å². The average Bonchev–Trinajstić information content (AvgIpc) is 3.02. The molecule has 3 aromatic rings. The maximum atomic E-state index is 12.4. The van der Waals surface area contributed by atoms with E-state index < -0.39 is 12.5 Å². The van der Waals surface area contributed by atoms with Crippen LogP contribution in [0, 0.1) is 0 Å². The summed E-state index contributed by atoms with van der Waals surface area (Å²) in [5.74, 6) is -0.542. The summed E-state index contributed by atoms with van der Waals surface area (Å²) in [7, 11) is 0. The van der Waals surface area contributed by atoms with Crippen LogP contribution in [0.2, 0.25) is 0 Å². The molecular weight excluding hydrogens is 326 g/mol. The number of alkyl halides is 2. The van der Waals surface area contributed by atoms with E-state index in [4.69, 9.17) is 0 Å². The lowest BCUT2D eigenvalue weighted by Gasteiger charge is -2.11. The van der Waals surface area contributed by atoms with Crippen LogP contribution in [0.3, 0.4) is 0 Å². The van der Waals surface area contributed by atoms with Crippen molar-refractivity contribution < 1.29 is 18.3 Å². The van der Waals surface area contributed by atoms with E-state index in [1.807, 2.05) is 36.5 Å². The SMILES string of the molecule is O=C(NCCCn1ccc2ccccc21)c1ccccc1OC(F)F. The fourth-order valence-corrected chi connectivity index (χ4v) is 2.74. The minimum atomic E-state index is -2.96. The quantitative estimate of drug-likeness (QED) is 0.657. The standard InChI is InChI=1S/C19H18F2N2O2/c20-19(21)25-17-9-4-2-7-15(17)18(24)22-11-5-12-23-13-10-14-6-1-3-8-16(14)23/h1-4,6-10,13,19H,5,11-12H2,(H,22,24). The number of carbonyl (C=O) groups excluding carboxylic acids is 1. The molecule has 0 aliphatic rings. The Bertz CT molecular complexity index is 861. The predicted octanol–water partition coefficient (Wildman–Crippen LogP) is 4.06. The van der Waals surface area contributed by atoms with Gasteiger partial charge in [0.1, 0.15) is 5.75 Å². The van der Waals surface area contributed by atoms with Crippen molar-refractivity contribution in [2.75, 3.05) is 6.54 Å². The molecular formula is C19H18F2N2O2. The van der Waals surface area contributed by atoms with Gasteiger partial charge in [-0.15, -0.1) is 0 Å². The van der Waals surface area contributed by atoms with Gasteiger partial charge in [-0.3, -0.25) is 4.79 Å². The molecule has 130 valence electrons. The lowest BCUT2D eigenvalue weighted by atomic mass is 10.2. The first-order valence-corrected chi connectivity index (χ1v) is 8.01. The van der Waals surface area contributed by atoms with Crippen LogP contribution in [0.4, 0.5) is 8.78 Å². The first-order chi connectivity index (χ1) is 12.1. The lowest BCUT2D eigenvalue weighted by molar-refractivity contribution is -0.0501. The Kier molecular flexibility index (Phi) is 5.28. The minimum Gasteiger partial charge on any atom is -0.434 e. The molecule has 3 rings (SSSR count). The normalized spacial score (nSPS) is 11.0. The second-order valence-electron chi connectivity index (χ2n) is 5.55. The minimum absolute atomic E-state index is 0.106. The smallest absolute Gasteiger partial charge is 0.387 e. The van der Waals surface area contributed by atoms with Crippen molar-refractivity contribution in [2.24, 2.45) is 0 Å². The molecule has 1 amide bonds. The molecule has 0 fully saturated rings. The Balaban J connectivity index is 1.55. The van der Waals surface area contributed by atoms with Crippen LogP contribution in [-0.2, 0) is 6.54 Å². The molecule has 6 heteroatoms. The van der Waals surface area contributed by atoms with E-state index in [9.17, 15) is 13.6 Å². The Hall–Kier alpha value is -2.89. The number of para-hydroxylation sites is 2. The van der Waals surface area contributed by atoms with Gasteiger partial charge in [0.25, 0.3) is 5.91 Å². The van der Waals surface area contributed by atoms with Crippen LogP contribution in [0.25, 0.3) is 10.9 Å². The van der Waals surface area contributed by atoms with E-state index in [-0.39, 0.29) is 11.3 Å². The number of fused-ring (bicyclic) bond motifs is 1. The molecule has 0 bridgehead atoms. The van der Waals surface area contributed by atoms with Crippen molar-refractivity contribution in [3.63, 3.8) is 0 Å². The van der Waals surface area contributed by atoms with Crippen molar-refractivity contribution in [3.8, 4) is 5.75 Å². The second-order valence-corrected chi connectivity index (χ2v) is 5.55. The summed E-state index contributed by atoms with van der Waals surface area (Å²) >= 11 is 0. The number of nitrogens with zero attached hydrogens (tertiary/aromatic N) is 1. The van der Waals surface area contributed by atoms with Crippen molar-refractivity contribution in [2.45, 2.75) is 19.6 Å². The van der Waals surface area contributed by atoms with Gasteiger partial charge < -0.3 is 14.6 Å². The zero-order valence-corrected chi connectivity index (χ0v) is 13.5. The lowest BCUT2D eigenvalue weighted by Crippen LogP contribution is -2.26. The molecule has 0 aliphatic carbocycles. The Morgan fingerprint density at radius 2 is 1.84 bits per heavy atom. The summed E-state index contributed by atoms with van der Waals surface area (Å²) in [5, 5.41) is 3.92. The summed E-state index contributed by atoms with van der Waals surface area (Å²) in [4.78, 5) is 12.2. The third-order valence-corrected chi connectivity index (χ3v) is 3.89. The molecule has 0 aliphatic heterocycles. The molecule has 2 aromatic carbocycles. The summed E-state index contributed by atoms with van der Waals surface area (Å²) < 4.78 is 31.3. The summed E-state index contributed by atoms with van der Waals surface area (Å²) in [6.07, 6.45) is 2.74. The highest BCUT2D eigenvalue weighted by Crippen LogP contribution is 2.20. The van der Waals surface area contributed by atoms with Gasteiger partial charge in [-0.25, -0.2) is 0 Å². The van der Waals surface area contributed by atoms with Gasteiger partial charge in [-0.1, -0.05) is 30.3 Å². The van der Waals surface area contributed by atoms with Gasteiger partial charge in [0.05, 0.1) is 5.56 Å². The molecule has 1 aromatic heterocycles. The number of halogens is 2. The van der Waals surface area contributed by atoms with Crippen LogP contribution in [-0.4, -0.2) is 23.6 Å². The first kappa shape index (κ1) is 17.0. The maximum absolute atomic E-state index is 12.4. The second kappa shape index (κ2) is 7.79. The Labute approximate surface area is 144 Å². The van der Waals surface area contributed by atoms with E-state index in [1.54, 1.807) is 12.1 Å². The van der Waals surface area contributed by atoms with Crippen LogP contribution in [0.15, 0.2) is 60.8 Å². The third kappa shape index (κ3) is 4.15. The predicted molar refractivity (Wildman–Crippen MR) is 92.0 cm³/mol. The van der Waals surface area contributed by atoms with Gasteiger partial charge in [-0.2, -0.15) is 8.78 Å². The molecule has 0 saturated carbocycles. The average molecular weight is 344 g/mol. The summed E-state index contributed by atoms with van der Waals surface area (Å²) in [6, 6.07) is 16.1. The van der Waals surface area contributed by atoms with Crippen molar-refractivity contribution in [3.05, 3.63) is 66.4 Å². The number of aryl methyl sites for hydroxylation is 1. The summed E-state index contributed by atoms with van der Waals surface area (Å²) in [6.45, 7) is -1.77. The zero-order chi connectivity index (χ0) is 17.6. The van der Waals surface area contributed by atoms with Crippen LogP contribution in [0.1, 0.15) is 16.8 Å². The maximum Gasteiger partial charge on any atom is 0.387 e. The van der Waals surface area contributed by atoms with Crippen LogP contribution >= 0.6 is 0 Å². The highest BCUT2D eigenvalue weighted by atomic mass is 19.3. The summed E-state index contributed by atoms with van der Waals surface area (Å²) in [5.41, 5.74) is 1.25. The fourth-order valence-electron chi connectivity index (χ4n) is 2.74. The number of carbonyl (C=O) groups is 1. The molecule has 0 atom stereocenters. The molecule has 0 unspecified atom stereocenters. The van der Waals surface area contributed by atoms with Crippen molar-refractivity contribution >= 4 is 16.8 Å². The van der Waals surface area contributed by atoms with E-state index in [2.05, 4.69) is 14.6 Å². The molecule has 1 heterocycles. The highest BCUT2D eigenvalue weighted by molar-refractivity contribution is 5.96. The fraction of sp³-hybridized carbons (Fsp3) is 0.211. The molecule has 1 N–H and O–H groups in total. The van der Waals surface area contributed by atoms with Gasteiger partial charge in [0.15, 0.2) is 0 Å². The third-order valence-electron chi connectivity index (χ3n) is 3.89. The van der Waals surface area contributed by atoms with Crippen LogP contribution in [0.5, 0.6) is 5.75 Å². The number of hydrogen-bond acceptors (Lipinski definition) is 2. The van der Waals surface area contributed by atoms with Crippen molar-refractivity contribution in [1.82, 2.24) is 9.88 Å². The Morgan fingerprint density at radius 1 is 1.08 bits per heavy atom. The number of hydrogen-bond donors (Lipinski definition) is 1. The van der Waals surface area contributed by atoms with E-state index in [0.717, 1.165) is 18.5 Å². The number of nitrogens with one attached hydrogen (secondary N) is 1. The number of ether oxygens (including phenoxy) is 1. The van der Waals surface area contributed by atoms with Gasteiger partial charge >= 0.3 is 6.61 Å². The molecule has 4 nitrogen and oxygen atoms in total. The monoisotopic (exact) mass is 344 g/mol. The zero-order valence-electron chi connectivity index (χ0n) is 13.5. The van der Waals surface area contributed by atoms with Crippen LogP contribution < -0.4 is 10.1 Å². The number of aromatic nitrogens is 1. The molecule has 0 spiro atoms. The molecule has 0 saturated heterocycles. The molecule has 25 heavy (non-hydrogen) atoms. The van der Waals surface area contributed by atoms with Crippen molar-refractivity contribution in [1.29, 1.82) is 0 Å². The van der Waals surface area contributed by atoms with Gasteiger partial charge in [0.2, 0.25) is 0 Å². The molecule has 0 radical (unpaired) electrons. The Morgan fingerprint density at radius 3 is 2.68 bits per heavy atom. The van der Waals surface area contributed by atoms with E-state index in [1.165, 1.54) is 17.5 Å². The number of benzene rings is 2. The number of amides is 1. The largest absolute Gasteiger partial charge is 0.434 e. The number of rotatable bonds is 7. The van der Waals surface area contributed by atoms with E-state index >= 15 is 0 Å². The highest BCUT2D eigenvalue weighted by Gasteiger charge is 2.14. The van der Waals surface area contributed by atoms with Gasteiger partial charge in [0, 0.05) is 24.8 Å².